The van der Waals surface area contributed by atoms with Gasteiger partial charge in [-0.1, -0.05) is 12.1 Å². The van der Waals surface area contributed by atoms with E-state index in [4.69, 9.17) is 5.73 Å². The molecule has 3 heteroatoms. The molecule has 1 amide bonds. The van der Waals surface area contributed by atoms with Gasteiger partial charge in [0.1, 0.15) is 0 Å². The van der Waals surface area contributed by atoms with Gasteiger partial charge in [-0.05, 0) is 23.8 Å². The summed E-state index contributed by atoms with van der Waals surface area (Å²) in [5.41, 5.74) is 5.87. The van der Waals surface area contributed by atoms with Crippen molar-refractivity contribution in [2.45, 2.75) is 4.90 Å². The lowest BCUT2D eigenvalue weighted by Crippen LogP contribution is -2.04. The Hall–Kier alpha value is -1.22. The normalized spacial score (nSPS) is 10.4. The maximum atomic E-state index is 10.4. The van der Waals surface area contributed by atoms with Crippen molar-refractivity contribution in [1.29, 1.82) is 0 Å². The van der Waals surface area contributed by atoms with E-state index in [9.17, 15) is 4.79 Å². The molecule has 1 aromatic rings. The number of carbonyl (C=O) groups excluding carboxylic acids is 1. The maximum Gasteiger partial charge on any atom is 0.241 e. The van der Waals surface area contributed by atoms with Gasteiger partial charge in [-0.25, -0.2) is 0 Å². The van der Waals surface area contributed by atoms with Gasteiger partial charge in [0.15, 0.2) is 0 Å². The zero-order valence-corrected chi connectivity index (χ0v) is 7.29. The highest BCUT2D eigenvalue weighted by atomic mass is 32.1. The number of amides is 1. The van der Waals surface area contributed by atoms with Crippen molar-refractivity contribution in [3.8, 4) is 0 Å². The Morgan fingerprint density at radius 2 is 1.92 bits per heavy atom. The molecule has 0 aliphatic carbocycles. The van der Waals surface area contributed by atoms with E-state index in [1.807, 2.05) is 24.3 Å². The minimum absolute atomic E-state index is 0.440. The molecule has 0 heterocycles. The topological polar surface area (TPSA) is 43.1 Å². The molecule has 2 nitrogen and oxygen atoms in total. The van der Waals surface area contributed by atoms with Gasteiger partial charge in [0, 0.05) is 11.0 Å². The molecule has 0 aromatic heterocycles. The number of primary amides is 1. The molecule has 0 spiro atoms. The van der Waals surface area contributed by atoms with Crippen LogP contribution in [0.5, 0.6) is 0 Å². The Morgan fingerprint density at radius 1 is 1.33 bits per heavy atom. The Balaban J connectivity index is 2.77. The van der Waals surface area contributed by atoms with Crippen molar-refractivity contribution in [1.82, 2.24) is 0 Å². The summed E-state index contributed by atoms with van der Waals surface area (Å²) in [5, 5.41) is 0. The van der Waals surface area contributed by atoms with Gasteiger partial charge in [0.2, 0.25) is 5.91 Å². The predicted molar refractivity (Wildman–Crippen MR) is 51.9 cm³/mol. The summed E-state index contributed by atoms with van der Waals surface area (Å²) in [6, 6.07) is 7.43. The van der Waals surface area contributed by atoms with E-state index in [2.05, 4.69) is 12.6 Å². The van der Waals surface area contributed by atoms with Crippen LogP contribution in [0.15, 0.2) is 35.2 Å². The van der Waals surface area contributed by atoms with Crippen LogP contribution in [0, 0.1) is 0 Å². The zero-order valence-electron chi connectivity index (χ0n) is 6.40. The molecule has 12 heavy (non-hydrogen) atoms. The van der Waals surface area contributed by atoms with Crippen LogP contribution in [-0.2, 0) is 4.79 Å². The zero-order chi connectivity index (χ0) is 8.97. The number of nitrogens with two attached hydrogens (primary N) is 1. The first kappa shape index (κ1) is 8.87. The highest BCUT2D eigenvalue weighted by Gasteiger charge is 1.87. The largest absolute Gasteiger partial charge is 0.366 e. The fraction of sp³-hybridized carbons (Fsp3) is 0. The first-order valence-corrected chi connectivity index (χ1v) is 3.90. The summed E-state index contributed by atoms with van der Waals surface area (Å²) < 4.78 is 0. The fourth-order valence-electron chi connectivity index (χ4n) is 0.764. The molecule has 0 atom stereocenters. The average Bonchev–Trinajstić information content (AvgIpc) is 2.03. The molecule has 0 fully saturated rings. The van der Waals surface area contributed by atoms with Crippen molar-refractivity contribution >= 4 is 24.6 Å². The molecule has 0 radical (unpaired) electrons. The SMILES string of the molecule is NC(=O)C=Cc1ccc(S)cc1. The second kappa shape index (κ2) is 3.97. The monoisotopic (exact) mass is 179 g/mol. The van der Waals surface area contributed by atoms with Gasteiger partial charge in [0.05, 0.1) is 0 Å². The second-order valence-electron chi connectivity index (χ2n) is 2.33. The van der Waals surface area contributed by atoms with E-state index in [0.29, 0.717) is 0 Å². The number of benzene rings is 1. The minimum atomic E-state index is -0.440. The third kappa shape index (κ3) is 2.80. The molecular formula is C9H9NOS. The van der Waals surface area contributed by atoms with Gasteiger partial charge < -0.3 is 5.73 Å². The minimum Gasteiger partial charge on any atom is -0.366 e. The summed E-state index contributed by atoms with van der Waals surface area (Å²) >= 11 is 4.12. The lowest BCUT2D eigenvalue weighted by Gasteiger charge is -1.92. The fourth-order valence-corrected chi connectivity index (χ4v) is 0.913. The average molecular weight is 179 g/mol. The quantitative estimate of drug-likeness (QED) is 0.524. The summed E-state index contributed by atoms with van der Waals surface area (Å²) in [6.07, 6.45) is 2.99. The molecule has 62 valence electrons. The van der Waals surface area contributed by atoms with E-state index < -0.39 is 5.91 Å². The van der Waals surface area contributed by atoms with Crippen LogP contribution in [0.3, 0.4) is 0 Å². The molecule has 0 bridgehead atoms. The molecule has 0 saturated carbocycles. The number of rotatable bonds is 2. The molecule has 0 saturated heterocycles. The van der Waals surface area contributed by atoms with Gasteiger partial charge in [-0.3, -0.25) is 4.79 Å². The van der Waals surface area contributed by atoms with Crippen LogP contribution in [0.1, 0.15) is 5.56 Å². The van der Waals surface area contributed by atoms with Crippen molar-refractivity contribution < 1.29 is 4.79 Å². The van der Waals surface area contributed by atoms with Gasteiger partial charge >= 0.3 is 0 Å². The first-order chi connectivity index (χ1) is 5.68. The molecule has 0 aliphatic rings. The lowest BCUT2D eigenvalue weighted by atomic mass is 10.2. The lowest BCUT2D eigenvalue weighted by molar-refractivity contribution is -0.113. The van der Waals surface area contributed by atoms with E-state index in [1.54, 1.807) is 6.08 Å². The van der Waals surface area contributed by atoms with Crippen LogP contribution < -0.4 is 5.73 Å². The summed E-state index contributed by atoms with van der Waals surface area (Å²) in [6.45, 7) is 0. The number of carbonyl (C=O) groups is 1. The van der Waals surface area contributed by atoms with Gasteiger partial charge in [-0.2, -0.15) is 0 Å². The summed E-state index contributed by atoms with van der Waals surface area (Å²) in [5.74, 6) is -0.440. The summed E-state index contributed by atoms with van der Waals surface area (Å²) in [7, 11) is 0. The number of hydrogen-bond acceptors (Lipinski definition) is 2. The van der Waals surface area contributed by atoms with Crippen molar-refractivity contribution in [2.24, 2.45) is 5.73 Å². The first-order valence-electron chi connectivity index (χ1n) is 3.45. The molecular weight excluding hydrogens is 170 g/mol. The van der Waals surface area contributed by atoms with Crippen molar-refractivity contribution in [3.63, 3.8) is 0 Å². The van der Waals surface area contributed by atoms with Crippen LogP contribution in [-0.4, -0.2) is 5.91 Å². The highest BCUT2D eigenvalue weighted by molar-refractivity contribution is 7.80. The molecule has 0 unspecified atom stereocenters. The van der Waals surface area contributed by atoms with Gasteiger partial charge in [-0.15, -0.1) is 12.6 Å². The second-order valence-corrected chi connectivity index (χ2v) is 2.84. The van der Waals surface area contributed by atoms with Crippen LogP contribution in [0.2, 0.25) is 0 Å². The molecule has 2 N–H and O–H groups in total. The number of hydrogen-bond donors (Lipinski definition) is 2. The van der Waals surface area contributed by atoms with Crippen LogP contribution >= 0.6 is 12.6 Å². The van der Waals surface area contributed by atoms with Crippen molar-refractivity contribution in [2.75, 3.05) is 0 Å². The maximum absolute atomic E-state index is 10.4. The molecule has 0 aliphatic heterocycles. The highest BCUT2D eigenvalue weighted by Crippen LogP contribution is 2.08. The van der Waals surface area contributed by atoms with Crippen LogP contribution in [0.4, 0.5) is 0 Å². The summed E-state index contributed by atoms with van der Waals surface area (Å²) in [4.78, 5) is 11.3. The van der Waals surface area contributed by atoms with E-state index in [-0.39, 0.29) is 0 Å². The Labute approximate surface area is 76.5 Å². The molecule has 1 aromatic carbocycles. The Kier molecular flexibility index (Phi) is 2.94. The number of thiol groups is 1. The third-order valence-corrected chi connectivity index (χ3v) is 1.63. The van der Waals surface area contributed by atoms with E-state index in [1.165, 1.54) is 6.08 Å². The Bertz CT molecular complexity index is 303. The van der Waals surface area contributed by atoms with Crippen molar-refractivity contribution in [3.05, 3.63) is 35.9 Å². The smallest absolute Gasteiger partial charge is 0.241 e. The van der Waals surface area contributed by atoms with E-state index in [0.717, 1.165) is 10.5 Å². The molecule has 1 rings (SSSR count). The van der Waals surface area contributed by atoms with Crippen LogP contribution in [0.25, 0.3) is 6.08 Å². The van der Waals surface area contributed by atoms with Gasteiger partial charge in [0.25, 0.3) is 0 Å². The third-order valence-electron chi connectivity index (χ3n) is 1.33. The Morgan fingerprint density at radius 3 is 2.42 bits per heavy atom. The standard InChI is InChI=1S/C9H9NOS/c10-9(11)6-3-7-1-4-8(12)5-2-7/h1-6,12H,(H2,10,11). The van der Waals surface area contributed by atoms with E-state index >= 15 is 0 Å². The predicted octanol–water partition coefficient (Wildman–Crippen LogP) is 1.47.